The monoisotopic (exact) mass is 420 g/mol. The van der Waals surface area contributed by atoms with Crippen LogP contribution >= 0.6 is 0 Å². The van der Waals surface area contributed by atoms with E-state index >= 15 is 0 Å². The lowest BCUT2D eigenvalue weighted by Gasteiger charge is -2.40. The summed E-state index contributed by atoms with van der Waals surface area (Å²) in [6, 6.07) is 5.10. The third-order valence-electron chi connectivity index (χ3n) is 5.65. The van der Waals surface area contributed by atoms with Crippen molar-refractivity contribution in [3.8, 4) is 5.82 Å². The maximum atomic E-state index is 12.8. The van der Waals surface area contributed by atoms with Crippen molar-refractivity contribution in [1.29, 1.82) is 0 Å². The number of hydrogen-bond acceptors (Lipinski definition) is 5. The second-order valence-corrected chi connectivity index (χ2v) is 9.98. The van der Waals surface area contributed by atoms with Gasteiger partial charge in [0.2, 0.25) is 0 Å². The number of nitrogens with zero attached hydrogens (tertiary/aromatic N) is 6. The lowest BCUT2D eigenvalue weighted by molar-refractivity contribution is 0.161. The van der Waals surface area contributed by atoms with Crippen molar-refractivity contribution in [3.05, 3.63) is 39.9 Å². The van der Waals surface area contributed by atoms with E-state index in [9.17, 15) is 13.2 Å². The first-order valence-corrected chi connectivity index (χ1v) is 11.6. The largest absolute Gasteiger partial charge is 0.281 e. The van der Waals surface area contributed by atoms with Crippen LogP contribution in [0.3, 0.4) is 0 Å². The van der Waals surface area contributed by atoms with Crippen molar-refractivity contribution in [2.24, 2.45) is 5.92 Å². The van der Waals surface area contributed by atoms with Gasteiger partial charge in [-0.15, -0.1) is 5.10 Å². The van der Waals surface area contributed by atoms with Crippen LogP contribution in [0, 0.1) is 19.8 Å². The smallest absolute Gasteiger partial charge is 0.268 e. The molecule has 2 aliphatic heterocycles. The predicted molar refractivity (Wildman–Crippen MR) is 109 cm³/mol. The minimum atomic E-state index is -3.39. The topological polar surface area (TPSA) is 93.3 Å². The quantitative estimate of drug-likeness (QED) is 0.722. The summed E-state index contributed by atoms with van der Waals surface area (Å²) in [6.45, 7) is 6.32. The number of aromatic nitrogens is 4. The van der Waals surface area contributed by atoms with Crippen LogP contribution < -0.4 is 5.56 Å². The fraction of sp³-hybridized carbons (Fsp3) is 0.632. The molecule has 0 atom stereocenters. The van der Waals surface area contributed by atoms with E-state index < -0.39 is 10.2 Å². The molecule has 2 aromatic rings. The molecule has 9 nitrogen and oxygen atoms in total. The van der Waals surface area contributed by atoms with Crippen LogP contribution in [0.15, 0.2) is 23.0 Å². The molecule has 0 aromatic carbocycles. The average molecular weight is 421 g/mol. The SMILES string of the molecule is Cc1cc(C)n(-c2ccc(=O)n(CC3CN(S(=O)(=O)N4CCCCCC4)C3)n2)n1. The molecule has 0 aliphatic carbocycles. The van der Waals surface area contributed by atoms with Crippen LogP contribution in [0.25, 0.3) is 5.82 Å². The van der Waals surface area contributed by atoms with Crippen LogP contribution in [0.1, 0.15) is 37.1 Å². The molecule has 2 saturated heterocycles. The molecular weight excluding hydrogens is 392 g/mol. The molecule has 2 aromatic heterocycles. The molecule has 0 unspecified atom stereocenters. The first-order valence-electron chi connectivity index (χ1n) is 10.2. The summed E-state index contributed by atoms with van der Waals surface area (Å²) in [6.07, 6.45) is 4.04. The molecule has 0 bridgehead atoms. The second kappa shape index (κ2) is 8.00. The molecule has 2 fully saturated rings. The Hall–Kier alpha value is -2.04. The molecule has 0 N–H and O–H groups in total. The maximum absolute atomic E-state index is 12.8. The van der Waals surface area contributed by atoms with Crippen molar-refractivity contribution in [3.63, 3.8) is 0 Å². The average Bonchev–Trinajstić information content (AvgIpc) is 2.85. The van der Waals surface area contributed by atoms with E-state index in [4.69, 9.17) is 0 Å². The Morgan fingerprint density at radius 1 is 1.00 bits per heavy atom. The van der Waals surface area contributed by atoms with Gasteiger partial charge in [0.1, 0.15) is 0 Å². The van der Waals surface area contributed by atoms with Crippen molar-refractivity contribution < 1.29 is 8.42 Å². The molecule has 4 rings (SSSR count). The van der Waals surface area contributed by atoms with Crippen LogP contribution in [0.4, 0.5) is 0 Å². The Bertz CT molecular complexity index is 1030. The van der Waals surface area contributed by atoms with Gasteiger partial charge in [-0.2, -0.15) is 22.1 Å². The lowest BCUT2D eigenvalue weighted by Crippen LogP contribution is -2.56. The van der Waals surface area contributed by atoms with E-state index in [1.807, 2.05) is 19.9 Å². The van der Waals surface area contributed by atoms with Gasteiger partial charge in [-0.05, 0) is 38.8 Å². The van der Waals surface area contributed by atoms with Crippen LogP contribution in [-0.2, 0) is 16.8 Å². The Morgan fingerprint density at radius 3 is 2.31 bits per heavy atom. The van der Waals surface area contributed by atoms with Crippen molar-refractivity contribution in [2.45, 2.75) is 46.1 Å². The van der Waals surface area contributed by atoms with Gasteiger partial charge in [-0.3, -0.25) is 4.79 Å². The van der Waals surface area contributed by atoms with Crippen molar-refractivity contribution >= 4 is 10.2 Å². The summed E-state index contributed by atoms with van der Waals surface area (Å²) in [5.74, 6) is 0.668. The Balaban J connectivity index is 1.43. The van der Waals surface area contributed by atoms with Gasteiger partial charge in [0.15, 0.2) is 5.82 Å². The zero-order valence-electron chi connectivity index (χ0n) is 17.0. The predicted octanol–water partition coefficient (Wildman–Crippen LogP) is 1.10. The number of hydrogen-bond donors (Lipinski definition) is 0. The summed E-state index contributed by atoms with van der Waals surface area (Å²) >= 11 is 0. The van der Waals surface area contributed by atoms with Gasteiger partial charge in [0.05, 0.1) is 12.2 Å². The van der Waals surface area contributed by atoms with E-state index in [0.717, 1.165) is 37.1 Å². The van der Waals surface area contributed by atoms with E-state index in [1.54, 1.807) is 15.1 Å². The molecule has 4 heterocycles. The molecule has 2 aliphatic rings. The van der Waals surface area contributed by atoms with Crippen molar-refractivity contribution in [2.75, 3.05) is 26.2 Å². The highest BCUT2D eigenvalue weighted by Crippen LogP contribution is 2.25. The summed E-state index contributed by atoms with van der Waals surface area (Å²) < 4.78 is 31.9. The van der Waals surface area contributed by atoms with Gasteiger partial charge in [-0.25, -0.2) is 9.36 Å². The fourth-order valence-electron chi connectivity index (χ4n) is 4.05. The first-order chi connectivity index (χ1) is 13.8. The molecule has 158 valence electrons. The molecule has 0 saturated carbocycles. The van der Waals surface area contributed by atoms with Gasteiger partial charge in [-0.1, -0.05) is 12.8 Å². The minimum absolute atomic E-state index is 0.0812. The highest BCUT2D eigenvalue weighted by atomic mass is 32.2. The van der Waals surface area contributed by atoms with Gasteiger partial charge < -0.3 is 0 Å². The van der Waals surface area contributed by atoms with Gasteiger partial charge in [0, 0.05) is 43.9 Å². The highest BCUT2D eigenvalue weighted by molar-refractivity contribution is 7.86. The van der Waals surface area contributed by atoms with Crippen LogP contribution in [0.5, 0.6) is 0 Å². The number of rotatable bonds is 5. The lowest BCUT2D eigenvalue weighted by atomic mass is 10.0. The zero-order valence-corrected chi connectivity index (χ0v) is 17.8. The third-order valence-corrected chi connectivity index (χ3v) is 7.62. The van der Waals surface area contributed by atoms with E-state index in [0.29, 0.717) is 38.5 Å². The standard InChI is InChI=1S/C19H28N6O3S/c1-15-11-16(2)25(20-15)18-7-8-19(26)24(21-18)14-17-12-23(13-17)29(27,28)22-9-5-3-4-6-10-22/h7-8,11,17H,3-6,9-10,12-14H2,1-2H3. The molecular formula is C19H28N6O3S. The Kier molecular flexibility index (Phi) is 5.58. The van der Waals surface area contributed by atoms with Crippen LogP contribution in [0.2, 0.25) is 0 Å². The van der Waals surface area contributed by atoms with Crippen LogP contribution in [-0.4, -0.2) is 62.8 Å². The summed E-state index contributed by atoms with van der Waals surface area (Å²) in [5.41, 5.74) is 1.64. The molecule has 0 spiro atoms. The highest BCUT2D eigenvalue weighted by Gasteiger charge is 2.39. The Labute approximate surface area is 171 Å². The molecule has 29 heavy (non-hydrogen) atoms. The summed E-state index contributed by atoms with van der Waals surface area (Å²) in [7, 11) is -3.39. The summed E-state index contributed by atoms with van der Waals surface area (Å²) in [4.78, 5) is 12.3. The number of aryl methyl sites for hydroxylation is 2. The minimum Gasteiger partial charge on any atom is -0.268 e. The summed E-state index contributed by atoms with van der Waals surface area (Å²) in [5, 5.41) is 8.87. The first kappa shape index (κ1) is 20.2. The fourth-order valence-corrected chi connectivity index (χ4v) is 5.89. The molecule has 0 amide bonds. The maximum Gasteiger partial charge on any atom is 0.281 e. The molecule has 0 radical (unpaired) electrons. The third kappa shape index (κ3) is 4.15. The van der Waals surface area contributed by atoms with Gasteiger partial charge >= 0.3 is 0 Å². The van der Waals surface area contributed by atoms with E-state index in [-0.39, 0.29) is 11.5 Å². The normalized spacial score (nSPS) is 19.8. The van der Waals surface area contributed by atoms with Gasteiger partial charge in [0.25, 0.3) is 15.8 Å². The molecule has 10 heteroatoms. The second-order valence-electron chi connectivity index (χ2n) is 8.05. The zero-order chi connectivity index (χ0) is 20.6. The van der Waals surface area contributed by atoms with E-state index in [2.05, 4.69) is 10.2 Å². The van der Waals surface area contributed by atoms with Crippen molar-refractivity contribution in [1.82, 2.24) is 28.2 Å². The van der Waals surface area contributed by atoms with E-state index in [1.165, 1.54) is 15.1 Å². The Morgan fingerprint density at radius 2 is 1.69 bits per heavy atom.